The second kappa shape index (κ2) is 9.92. The summed E-state index contributed by atoms with van der Waals surface area (Å²) in [5, 5.41) is 14.4. The molecule has 0 spiro atoms. The van der Waals surface area contributed by atoms with E-state index < -0.39 is 5.97 Å². The van der Waals surface area contributed by atoms with Crippen LogP contribution in [0.15, 0.2) is 29.8 Å². The molecule has 34 heavy (non-hydrogen) atoms. The predicted octanol–water partition coefficient (Wildman–Crippen LogP) is 6.51. The molecule has 2 aliphatic carbocycles. The van der Waals surface area contributed by atoms with Crippen LogP contribution in [0.4, 0.5) is 5.82 Å². The maximum Gasteiger partial charge on any atom is 0.328 e. The Morgan fingerprint density at radius 3 is 2.76 bits per heavy atom. The maximum absolute atomic E-state index is 11.0. The number of allylic oxidation sites excluding steroid dienone is 1. The van der Waals surface area contributed by atoms with E-state index in [1.165, 1.54) is 34.7 Å². The van der Waals surface area contributed by atoms with Crippen LogP contribution in [0.3, 0.4) is 0 Å². The van der Waals surface area contributed by atoms with Gasteiger partial charge in [0.25, 0.3) is 0 Å². The molecule has 1 saturated carbocycles. The van der Waals surface area contributed by atoms with Crippen LogP contribution in [0, 0.1) is 0 Å². The first-order valence-corrected chi connectivity index (χ1v) is 13.0. The Balaban J connectivity index is 1.46. The van der Waals surface area contributed by atoms with E-state index in [1.807, 2.05) is 29.5 Å². The third-order valence-corrected chi connectivity index (χ3v) is 8.31. The molecular weight excluding hydrogens is 470 g/mol. The summed E-state index contributed by atoms with van der Waals surface area (Å²) in [5.41, 5.74) is 3.47. The molecule has 3 aromatic rings. The highest BCUT2D eigenvalue weighted by molar-refractivity contribution is 7.19. The minimum atomic E-state index is -0.861. The number of carboxylic acid groups (broad SMARTS) is 1. The van der Waals surface area contributed by atoms with E-state index in [1.54, 1.807) is 7.11 Å². The van der Waals surface area contributed by atoms with Gasteiger partial charge in [-0.05, 0) is 74.6 Å². The van der Waals surface area contributed by atoms with Gasteiger partial charge in [0.15, 0.2) is 0 Å². The molecule has 0 unspecified atom stereocenters. The lowest BCUT2D eigenvalue weighted by atomic mass is 9.85. The number of thiophene rings is 1. The number of ether oxygens (including phenoxy) is 1. The molecule has 0 bridgehead atoms. The van der Waals surface area contributed by atoms with Crippen LogP contribution in [0.5, 0.6) is 5.75 Å². The van der Waals surface area contributed by atoms with Crippen molar-refractivity contribution in [3.8, 4) is 5.75 Å². The summed E-state index contributed by atoms with van der Waals surface area (Å²) in [7, 11) is 1.61. The Morgan fingerprint density at radius 2 is 2.03 bits per heavy atom. The van der Waals surface area contributed by atoms with Crippen LogP contribution < -0.4 is 10.1 Å². The summed E-state index contributed by atoms with van der Waals surface area (Å²) in [6.07, 6.45) is 9.32. The quantitative estimate of drug-likeness (QED) is 0.377. The minimum Gasteiger partial charge on any atom is -0.495 e. The second-order valence-electron chi connectivity index (χ2n) is 9.06. The first-order chi connectivity index (χ1) is 16.5. The number of anilines is 1. The summed E-state index contributed by atoms with van der Waals surface area (Å²) in [6.45, 7) is 0.607. The Hall–Kier alpha value is -2.64. The molecule has 2 aromatic heterocycles. The number of rotatable bonds is 6. The molecule has 0 amide bonds. The van der Waals surface area contributed by atoms with E-state index in [2.05, 4.69) is 5.32 Å². The van der Waals surface area contributed by atoms with Crippen LogP contribution in [0.2, 0.25) is 5.02 Å². The van der Waals surface area contributed by atoms with Crippen LogP contribution in [0.1, 0.15) is 66.3 Å². The molecule has 8 heteroatoms. The second-order valence-corrected chi connectivity index (χ2v) is 10.5. The van der Waals surface area contributed by atoms with E-state index in [0.717, 1.165) is 66.1 Å². The van der Waals surface area contributed by atoms with Gasteiger partial charge in [-0.2, -0.15) is 0 Å². The van der Waals surface area contributed by atoms with Crippen LogP contribution >= 0.6 is 22.9 Å². The van der Waals surface area contributed by atoms with E-state index in [4.69, 9.17) is 31.4 Å². The topological polar surface area (TPSA) is 84.3 Å². The molecule has 1 aromatic carbocycles. The molecule has 5 rings (SSSR count). The van der Waals surface area contributed by atoms with E-state index >= 15 is 0 Å². The van der Waals surface area contributed by atoms with Gasteiger partial charge in [0, 0.05) is 23.4 Å². The van der Waals surface area contributed by atoms with Crippen molar-refractivity contribution in [2.75, 3.05) is 12.4 Å². The summed E-state index contributed by atoms with van der Waals surface area (Å²) in [6, 6.07) is 5.82. The zero-order valence-corrected chi connectivity index (χ0v) is 20.8. The van der Waals surface area contributed by atoms with Crippen molar-refractivity contribution < 1.29 is 14.6 Å². The number of methoxy groups -OCH3 is 1. The lowest BCUT2D eigenvalue weighted by molar-refractivity contribution is -0.131. The van der Waals surface area contributed by atoms with Crippen molar-refractivity contribution in [2.24, 2.45) is 0 Å². The van der Waals surface area contributed by atoms with Crippen molar-refractivity contribution in [1.82, 2.24) is 9.97 Å². The monoisotopic (exact) mass is 497 g/mol. The fourth-order valence-electron chi connectivity index (χ4n) is 5.06. The normalized spacial score (nSPS) is 17.9. The zero-order chi connectivity index (χ0) is 23.7. The number of benzene rings is 1. The lowest BCUT2D eigenvalue weighted by Gasteiger charge is -2.23. The number of aryl methyl sites for hydroxylation is 2. The number of hydrogen-bond acceptors (Lipinski definition) is 6. The number of carboxylic acids is 1. The van der Waals surface area contributed by atoms with E-state index in [0.29, 0.717) is 17.3 Å². The third-order valence-electron chi connectivity index (χ3n) is 6.83. The largest absolute Gasteiger partial charge is 0.495 e. The van der Waals surface area contributed by atoms with Crippen molar-refractivity contribution in [3.63, 3.8) is 0 Å². The van der Waals surface area contributed by atoms with Gasteiger partial charge in [-0.25, -0.2) is 14.8 Å². The van der Waals surface area contributed by atoms with Crippen molar-refractivity contribution in [1.29, 1.82) is 0 Å². The average Bonchev–Trinajstić information content (AvgIpc) is 3.21. The number of nitrogens with zero attached hydrogens (tertiary/aromatic N) is 2. The van der Waals surface area contributed by atoms with Crippen LogP contribution in [-0.4, -0.2) is 28.2 Å². The van der Waals surface area contributed by atoms with E-state index in [-0.39, 0.29) is 5.92 Å². The van der Waals surface area contributed by atoms with Gasteiger partial charge in [-0.15, -0.1) is 11.3 Å². The van der Waals surface area contributed by atoms with Gasteiger partial charge in [-0.3, -0.25) is 0 Å². The number of aromatic nitrogens is 2. The first kappa shape index (κ1) is 23.1. The number of aliphatic carboxylic acids is 1. The highest BCUT2D eigenvalue weighted by atomic mass is 35.5. The third kappa shape index (κ3) is 4.77. The van der Waals surface area contributed by atoms with Gasteiger partial charge in [-0.1, -0.05) is 23.2 Å². The van der Waals surface area contributed by atoms with Crippen LogP contribution in [-0.2, 0) is 24.2 Å². The number of hydrogen-bond donors (Lipinski definition) is 2. The summed E-state index contributed by atoms with van der Waals surface area (Å²) in [4.78, 5) is 23.6. The molecule has 0 atom stereocenters. The van der Waals surface area contributed by atoms with Gasteiger partial charge >= 0.3 is 5.97 Å². The Kier molecular flexibility index (Phi) is 6.75. The van der Waals surface area contributed by atoms with Crippen molar-refractivity contribution in [3.05, 3.63) is 56.7 Å². The maximum atomic E-state index is 11.0. The minimum absolute atomic E-state index is 0.241. The molecule has 178 valence electrons. The van der Waals surface area contributed by atoms with Gasteiger partial charge < -0.3 is 15.2 Å². The highest BCUT2D eigenvalue weighted by Crippen LogP contribution is 2.41. The summed E-state index contributed by atoms with van der Waals surface area (Å²) >= 11 is 8.15. The molecular formula is C26H28ClN3O3S. The number of fused-ring (bicyclic) bond motifs is 3. The first-order valence-electron chi connectivity index (χ1n) is 11.8. The Morgan fingerprint density at radius 1 is 1.24 bits per heavy atom. The molecule has 0 radical (unpaired) electrons. The van der Waals surface area contributed by atoms with Gasteiger partial charge in [0.1, 0.15) is 22.2 Å². The highest BCUT2D eigenvalue weighted by Gasteiger charge is 2.26. The predicted molar refractivity (Wildman–Crippen MR) is 136 cm³/mol. The lowest BCUT2D eigenvalue weighted by Crippen LogP contribution is -2.13. The standard InChI is InChI=1S/C26H28ClN3O3S/c1-33-20-11-8-16(12-19(20)27)14-28-25-23-18-4-2-3-5-21(18)34-26(23)30-24(29-25)17-9-6-15(7-10-17)13-22(31)32/h8,11-13,17H,2-7,9-10,14H2,1H3,(H,31,32)(H,28,29,30). The fourth-order valence-corrected chi connectivity index (χ4v) is 6.60. The number of halogens is 1. The van der Waals surface area contributed by atoms with Gasteiger partial charge in [0.2, 0.25) is 0 Å². The molecule has 0 aliphatic heterocycles. The average molecular weight is 498 g/mol. The summed E-state index contributed by atoms with van der Waals surface area (Å²) in [5.74, 6) is 1.82. The molecule has 2 aliphatic rings. The van der Waals surface area contributed by atoms with Gasteiger partial charge in [0.05, 0.1) is 17.5 Å². The van der Waals surface area contributed by atoms with Crippen LogP contribution in [0.25, 0.3) is 10.2 Å². The number of carbonyl (C=O) groups is 1. The van der Waals surface area contributed by atoms with E-state index in [9.17, 15) is 4.79 Å². The Bertz CT molecular complexity index is 1260. The fraction of sp³-hybridized carbons (Fsp3) is 0.423. The SMILES string of the molecule is COc1ccc(CNc2nc(C3CCC(=CC(=O)O)CC3)nc3sc4c(c23)CCCC4)cc1Cl. The van der Waals surface area contributed by atoms with Crippen molar-refractivity contribution in [2.45, 2.75) is 63.8 Å². The molecule has 2 N–H and O–H groups in total. The summed E-state index contributed by atoms with van der Waals surface area (Å²) < 4.78 is 5.28. The Labute approximate surface area is 208 Å². The van der Waals surface area contributed by atoms with Crippen molar-refractivity contribution >= 4 is 44.9 Å². The molecule has 1 fully saturated rings. The smallest absolute Gasteiger partial charge is 0.328 e. The molecule has 0 saturated heterocycles. The zero-order valence-electron chi connectivity index (χ0n) is 19.2. The molecule has 2 heterocycles. The number of nitrogens with one attached hydrogen (secondary N) is 1. The molecule has 6 nitrogen and oxygen atoms in total.